The number of hydrogen-bond acceptors (Lipinski definition) is 5. The molecule has 0 aliphatic heterocycles. The first kappa shape index (κ1) is 17.6. The molecule has 25 heavy (non-hydrogen) atoms. The number of aryl methyl sites for hydroxylation is 1. The zero-order valence-electron chi connectivity index (χ0n) is 14.1. The van der Waals surface area contributed by atoms with Gasteiger partial charge >= 0.3 is 0 Å². The number of pyridine rings is 1. The minimum Gasteiger partial charge on any atom is -0.334 e. The van der Waals surface area contributed by atoms with Gasteiger partial charge in [0.15, 0.2) is 5.82 Å². The molecule has 0 bridgehead atoms. The minimum atomic E-state index is -0.437. The molecule has 3 aromatic rings. The van der Waals surface area contributed by atoms with Crippen molar-refractivity contribution in [3.05, 3.63) is 54.0 Å². The standard InChI is InChI=1S/C19H20N4O.ClH/c1-13-15(9-10-16(21-13)14-7-3-2-4-8-14)17-22-18(23-24-17)19(20)11-5-6-12-19;/h2-4,7-10H,5-6,11-12,20H2,1H3;1H. The highest BCUT2D eigenvalue weighted by Crippen LogP contribution is 2.35. The van der Waals surface area contributed by atoms with Gasteiger partial charge in [0, 0.05) is 5.56 Å². The molecule has 1 aliphatic carbocycles. The lowest BCUT2D eigenvalue weighted by molar-refractivity contribution is 0.372. The lowest BCUT2D eigenvalue weighted by atomic mass is 9.98. The molecule has 0 amide bonds. The molecule has 1 fully saturated rings. The fourth-order valence-electron chi connectivity index (χ4n) is 3.32. The van der Waals surface area contributed by atoms with E-state index in [1.807, 2.05) is 49.4 Å². The second-order valence-corrected chi connectivity index (χ2v) is 6.48. The van der Waals surface area contributed by atoms with Crippen molar-refractivity contribution >= 4 is 12.4 Å². The van der Waals surface area contributed by atoms with Crippen molar-refractivity contribution in [2.45, 2.75) is 38.1 Å². The van der Waals surface area contributed by atoms with E-state index < -0.39 is 5.54 Å². The van der Waals surface area contributed by atoms with Crippen LogP contribution in [0.1, 0.15) is 37.2 Å². The first-order chi connectivity index (χ1) is 11.7. The maximum atomic E-state index is 6.41. The molecule has 0 unspecified atom stereocenters. The van der Waals surface area contributed by atoms with Crippen molar-refractivity contribution < 1.29 is 4.52 Å². The molecule has 2 aromatic heterocycles. The zero-order chi connectivity index (χ0) is 16.6. The summed E-state index contributed by atoms with van der Waals surface area (Å²) in [6.45, 7) is 1.96. The molecule has 1 aliphatic rings. The number of aromatic nitrogens is 3. The summed E-state index contributed by atoms with van der Waals surface area (Å²) in [7, 11) is 0. The Kier molecular flexibility index (Phi) is 4.88. The van der Waals surface area contributed by atoms with Gasteiger partial charge in [0.25, 0.3) is 5.89 Å². The van der Waals surface area contributed by atoms with Gasteiger partial charge in [0.2, 0.25) is 0 Å². The smallest absolute Gasteiger partial charge is 0.259 e. The normalized spacial score (nSPS) is 15.8. The van der Waals surface area contributed by atoms with Crippen LogP contribution in [0, 0.1) is 6.92 Å². The molecule has 4 rings (SSSR count). The van der Waals surface area contributed by atoms with Crippen LogP contribution in [0.5, 0.6) is 0 Å². The summed E-state index contributed by atoms with van der Waals surface area (Å²) in [5, 5.41) is 4.13. The summed E-state index contributed by atoms with van der Waals surface area (Å²) in [4.78, 5) is 9.24. The van der Waals surface area contributed by atoms with E-state index in [0.29, 0.717) is 11.7 Å². The predicted octanol–water partition coefficient (Wildman–Crippen LogP) is 4.26. The molecule has 1 aromatic carbocycles. The summed E-state index contributed by atoms with van der Waals surface area (Å²) in [6.07, 6.45) is 4.06. The van der Waals surface area contributed by atoms with Crippen molar-refractivity contribution in [2.24, 2.45) is 5.73 Å². The van der Waals surface area contributed by atoms with Gasteiger partial charge in [0.05, 0.1) is 22.5 Å². The van der Waals surface area contributed by atoms with E-state index in [1.54, 1.807) is 0 Å². The first-order valence-corrected chi connectivity index (χ1v) is 8.32. The third-order valence-electron chi connectivity index (χ3n) is 4.75. The highest BCUT2D eigenvalue weighted by atomic mass is 35.5. The summed E-state index contributed by atoms with van der Waals surface area (Å²) in [5.74, 6) is 1.10. The van der Waals surface area contributed by atoms with Crippen LogP contribution in [0.2, 0.25) is 0 Å². The molecule has 5 nitrogen and oxygen atoms in total. The van der Waals surface area contributed by atoms with Crippen LogP contribution in [0.3, 0.4) is 0 Å². The number of hydrogen-bond donors (Lipinski definition) is 1. The molecule has 1 saturated carbocycles. The quantitative estimate of drug-likeness (QED) is 0.758. The van der Waals surface area contributed by atoms with Crippen LogP contribution in [0.4, 0.5) is 0 Å². The molecule has 0 spiro atoms. The van der Waals surface area contributed by atoms with E-state index in [2.05, 4.69) is 15.1 Å². The average molecular weight is 357 g/mol. The second-order valence-electron chi connectivity index (χ2n) is 6.48. The lowest BCUT2D eigenvalue weighted by Crippen LogP contribution is -2.34. The fourth-order valence-corrected chi connectivity index (χ4v) is 3.32. The topological polar surface area (TPSA) is 77.8 Å². The van der Waals surface area contributed by atoms with Crippen LogP contribution in [0.15, 0.2) is 47.0 Å². The van der Waals surface area contributed by atoms with Gasteiger partial charge in [-0.3, -0.25) is 4.98 Å². The maximum Gasteiger partial charge on any atom is 0.259 e. The van der Waals surface area contributed by atoms with E-state index in [9.17, 15) is 0 Å². The number of nitrogens with two attached hydrogens (primary N) is 1. The summed E-state index contributed by atoms with van der Waals surface area (Å²) < 4.78 is 5.47. The third kappa shape index (κ3) is 3.30. The molecule has 2 N–H and O–H groups in total. The van der Waals surface area contributed by atoms with Gasteiger partial charge in [-0.15, -0.1) is 12.4 Å². The number of rotatable bonds is 3. The minimum absolute atomic E-state index is 0. The highest BCUT2D eigenvalue weighted by Gasteiger charge is 2.36. The third-order valence-corrected chi connectivity index (χ3v) is 4.75. The van der Waals surface area contributed by atoms with Crippen molar-refractivity contribution in [1.82, 2.24) is 15.1 Å². The zero-order valence-corrected chi connectivity index (χ0v) is 14.9. The Hall–Kier alpha value is -2.24. The highest BCUT2D eigenvalue weighted by molar-refractivity contribution is 5.85. The van der Waals surface area contributed by atoms with E-state index in [1.165, 1.54) is 0 Å². The molecular formula is C19H21ClN4O. The predicted molar refractivity (Wildman–Crippen MR) is 99.3 cm³/mol. The van der Waals surface area contributed by atoms with Crippen LogP contribution in [0.25, 0.3) is 22.7 Å². The molecule has 0 radical (unpaired) electrons. The van der Waals surface area contributed by atoms with Gasteiger partial charge in [0.1, 0.15) is 0 Å². The monoisotopic (exact) mass is 356 g/mol. The Balaban J connectivity index is 0.00000182. The Labute approximate surface area is 153 Å². The van der Waals surface area contributed by atoms with Gasteiger partial charge in [-0.2, -0.15) is 4.98 Å². The van der Waals surface area contributed by atoms with Gasteiger partial charge < -0.3 is 10.3 Å². The van der Waals surface area contributed by atoms with E-state index in [0.717, 1.165) is 48.2 Å². The Bertz CT molecular complexity index is 857. The molecule has 2 heterocycles. The van der Waals surface area contributed by atoms with Crippen molar-refractivity contribution in [2.75, 3.05) is 0 Å². The van der Waals surface area contributed by atoms with Crippen LogP contribution in [-0.2, 0) is 5.54 Å². The average Bonchev–Trinajstić information content (AvgIpc) is 3.26. The summed E-state index contributed by atoms with van der Waals surface area (Å²) in [5.41, 5.74) is 9.71. The molecule has 6 heteroatoms. The van der Waals surface area contributed by atoms with Crippen LogP contribution in [-0.4, -0.2) is 15.1 Å². The van der Waals surface area contributed by atoms with E-state index in [4.69, 9.17) is 10.3 Å². The number of halogens is 1. The van der Waals surface area contributed by atoms with E-state index >= 15 is 0 Å². The molecule has 130 valence electrons. The van der Waals surface area contributed by atoms with Gasteiger partial charge in [-0.1, -0.05) is 48.3 Å². The molecular weight excluding hydrogens is 336 g/mol. The second kappa shape index (κ2) is 6.94. The Morgan fingerprint density at radius 2 is 1.72 bits per heavy atom. The lowest BCUT2D eigenvalue weighted by Gasteiger charge is -2.17. The van der Waals surface area contributed by atoms with Crippen molar-refractivity contribution in [3.63, 3.8) is 0 Å². The SMILES string of the molecule is Cc1nc(-c2ccccc2)ccc1-c1nc(C2(N)CCCC2)no1.Cl. The van der Waals surface area contributed by atoms with Crippen molar-refractivity contribution in [3.8, 4) is 22.7 Å². The summed E-state index contributed by atoms with van der Waals surface area (Å²) in [6, 6.07) is 14.1. The van der Waals surface area contributed by atoms with Gasteiger partial charge in [-0.25, -0.2) is 0 Å². The Morgan fingerprint density at radius 3 is 2.40 bits per heavy atom. The Morgan fingerprint density at radius 1 is 1.00 bits per heavy atom. The van der Waals surface area contributed by atoms with E-state index in [-0.39, 0.29) is 12.4 Å². The fraction of sp³-hybridized carbons (Fsp3) is 0.316. The summed E-state index contributed by atoms with van der Waals surface area (Å²) >= 11 is 0. The molecule has 0 atom stereocenters. The van der Waals surface area contributed by atoms with Crippen LogP contribution < -0.4 is 5.73 Å². The molecule has 0 saturated heterocycles. The number of benzene rings is 1. The maximum absolute atomic E-state index is 6.41. The van der Waals surface area contributed by atoms with Crippen molar-refractivity contribution in [1.29, 1.82) is 0 Å². The largest absolute Gasteiger partial charge is 0.334 e. The first-order valence-electron chi connectivity index (χ1n) is 8.32. The number of nitrogens with zero attached hydrogens (tertiary/aromatic N) is 3. The van der Waals surface area contributed by atoms with Crippen LogP contribution >= 0.6 is 12.4 Å². The van der Waals surface area contributed by atoms with Gasteiger partial charge in [-0.05, 0) is 31.9 Å².